The van der Waals surface area contributed by atoms with Gasteiger partial charge in [-0.3, -0.25) is 4.90 Å². The van der Waals surface area contributed by atoms with Gasteiger partial charge in [0.15, 0.2) is 11.6 Å². The molecule has 0 amide bonds. The van der Waals surface area contributed by atoms with Gasteiger partial charge in [-0.1, -0.05) is 12.1 Å². The summed E-state index contributed by atoms with van der Waals surface area (Å²) in [7, 11) is 0. The lowest BCUT2D eigenvalue weighted by Gasteiger charge is -2.35. The summed E-state index contributed by atoms with van der Waals surface area (Å²) in [6.45, 7) is 2.00. The largest absolute Gasteiger partial charge is 0.505 e. The standard InChI is InChI=1S/C13H16F4N2O/c14-10-3-1-2-9(12(10)20)11(8-13(15,16)17)19-6-4-18-5-7-19/h1-3,11,18,20H,4-8H2/t11-/m0/s1. The van der Waals surface area contributed by atoms with E-state index in [0.717, 1.165) is 6.07 Å². The fraction of sp³-hybridized carbons (Fsp3) is 0.538. The molecule has 0 spiro atoms. The Bertz CT molecular complexity index is 458. The lowest BCUT2D eigenvalue weighted by molar-refractivity contribution is -0.148. The molecule has 2 N–H and O–H groups in total. The molecule has 1 aliphatic rings. The van der Waals surface area contributed by atoms with Gasteiger partial charge in [-0.15, -0.1) is 0 Å². The van der Waals surface area contributed by atoms with Gasteiger partial charge >= 0.3 is 6.18 Å². The zero-order valence-corrected chi connectivity index (χ0v) is 10.8. The van der Waals surface area contributed by atoms with E-state index in [4.69, 9.17) is 0 Å². The van der Waals surface area contributed by atoms with E-state index in [9.17, 15) is 22.7 Å². The van der Waals surface area contributed by atoms with Crippen LogP contribution < -0.4 is 5.32 Å². The summed E-state index contributed by atoms with van der Waals surface area (Å²) in [4.78, 5) is 1.62. The number of rotatable bonds is 3. The van der Waals surface area contributed by atoms with Gasteiger partial charge in [-0.25, -0.2) is 4.39 Å². The summed E-state index contributed by atoms with van der Waals surface area (Å²) in [5, 5.41) is 12.8. The van der Waals surface area contributed by atoms with E-state index in [1.165, 1.54) is 12.1 Å². The Morgan fingerprint density at radius 3 is 2.50 bits per heavy atom. The first-order valence-corrected chi connectivity index (χ1v) is 6.37. The Hall–Kier alpha value is -1.34. The molecule has 2 rings (SSSR count). The van der Waals surface area contributed by atoms with Crippen LogP contribution in [0.1, 0.15) is 18.0 Å². The lowest BCUT2D eigenvalue weighted by Crippen LogP contribution is -2.46. The van der Waals surface area contributed by atoms with Crippen molar-refractivity contribution >= 4 is 0 Å². The van der Waals surface area contributed by atoms with Gasteiger partial charge in [0.1, 0.15) is 0 Å². The molecule has 112 valence electrons. The van der Waals surface area contributed by atoms with Crippen molar-refractivity contribution in [3.8, 4) is 5.75 Å². The smallest absolute Gasteiger partial charge is 0.390 e. The zero-order valence-electron chi connectivity index (χ0n) is 10.8. The highest BCUT2D eigenvalue weighted by Crippen LogP contribution is 2.38. The van der Waals surface area contributed by atoms with Gasteiger partial charge in [0, 0.05) is 37.8 Å². The second-order valence-electron chi connectivity index (χ2n) is 4.80. The van der Waals surface area contributed by atoms with Crippen molar-refractivity contribution in [2.24, 2.45) is 0 Å². The maximum absolute atomic E-state index is 13.4. The van der Waals surface area contributed by atoms with Crippen LogP contribution in [-0.4, -0.2) is 42.4 Å². The second kappa shape index (κ2) is 5.97. The van der Waals surface area contributed by atoms with E-state index in [2.05, 4.69) is 5.32 Å². The number of nitrogens with zero attached hydrogens (tertiary/aromatic N) is 1. The molecule has 0 unspecified atom stereocenters. The van der Waals surface area contributed by atoms with E-state index < -0.39 is 30.2 Å². The Morgan fingerprint density at radius 2 is 1.90 bits per heavy atom. The van der Waals surface area contributed by atoms with Gasteiger partial charge in [0.2, 0.25) is 0 Å². The molecule has 1 fully saturated rings. The minimum Gasteiger partial charge on any atom is -0.505 e. The summed E-state index contributed by atoms with van der Waals surface area (Å²) in [6.07, 6.45) is -5.49. The van der Waals surface area contributed by atoms with Crippen LogP contribution in [0.25, 0.3) is 0 Å². The number of piperazine rings is 1. The van der Waals surface area contributed by atoms with Crippen molar-refractivity contribution in [3.05, 3.63) is 29.6 Å². The number of para-hydroxylation sites is 1. The van der Waals surface area contributed by atoms with Crippen LogP contribution in [0.3, 0.4) is 0 Å². The fourth-order valence-electron chi connectivity index (χ4n) is 2.45. The fourth-order valence-corrected chi connectivity index (χ4v) is 2.45. The zero-order chi connectivity index (χ0) is 14.8. The van der Waals surface area contributed by atoms with Gasteiger partial charge in [0.25, 0.3) is 0 Å². The van der Waals surface area contributed by atoms with E-state index in [1.54, 1.807) is 4.90 Å². The van der Waals surface area contributed by atoms with Crippen LogP contribution in [-0.2, 0) is 0 Å². The maximum Gasteiger partial charge on any atom is 0.390 e. The van der Waals surface area contributed by atoms with Crippen molar-refractivity contribution < 1.29 is 22.7 Å². The van der Waals surface area contributed by atoms with Crippen molar-refractivity contribution in [2.45, 2.75) is 18.6 Å². The van der Waals surface area contributed by atoms with Crippen LogP contribution in [0.5, 0.6) is 5.75 Å². The van der Waals surface area contributed by atoms with Crippen LogP contribution in [0.4, 0.5) is 17.6 Å². The summed E-state index contributed by atoms with van der Waals surface area (Å²) < 4.78 is 51.7. The van der Waals surface area contributed by atoms with E-state index in [-0.39, 0.29) is 5.56 Å². The third-order valence-electron chi connectivity index (χ3n) is 3.39. The molecule has 1 heterocycles. The number of hydrogen-bond donors (Lipinski definition) is 2. The molecule has 0 radical (unpaired) electrons. The summed E-state index contributed by atoms with van der Waals surface area (Å²) in [5.74, 6) is -1.59. The molecule has 1 aromatic carbocycles. The lowest BCUT2D eigenvalue weighted by atomic mass is 9.99. The van der Waals surface area contributed by atoms with Crippen molar-refractivity contribution in [1.82, 2.24) is 10.2 Å². The molecular formula is C13H16F4N2O. The van der Waals surface area contributed by atoms with Gasteiger partial charge in [0.05, 0.1) is 6.42 Å². The summed E-state index contributed by atoms with van der Waals surface area (Å²) >= 11 is 0. The average Bonchev–Trinajstić information content (AvgIpc) is 2.40. The molecule has 20 heavy (non-hydrogen) atoms. The summed E-state index contributed by atoms with van der Waals surface area (Å²) in [6, 6.07) is 2.63. The predicted molar refractivity (Wildman–Crippen MR) is 65.9 cm³/mol. The number of benzene rings is 1. The molecule has 0 saturated carbocycles. The normalized spacial score (nSPS) is 19.0. The molecule has 1 aromatic rings. The topological polar surface area (TPSA) is 35.5 Å². The van der Waals surface area contributed by atoms with Gasteiger partial charge in [-0.05, 0) is 6.07 Å². The minimum atomic E-state index is -4.38. The SMILES string of the molecule is Oc1c(F)cccc1[C@H](CC(F)(F)F)N1CCNCC1. The molecule has 0 aromatic heterocycles. The number of phenols is 1. The predicted octanol–water partition coefficient (Wildman–Crippen LogP) is 2.43. The first kappa shape index (κ1) is 15.1. The second-order valence-corrected chi connectivity index (χ2v) is 4.80. The van der Waals surface area contributed by atoms with E-state index >= 15 is 0 Å². The van der Waals surface area contributed by atoms with Crippen molar-refractivity contribution in [2.75, 3.05) is 26.2 Å². The Labute approximate surface area is 114 Å². The van der Waals surface area contributed by atoms with E-state index in [1.807, 2.05) is 0 Å². The molecule has 0 bridgehead atoms. The third-order valence-corrected chi connectivity index (χ3v) is 3.39. The highest BCUT2D eigenvalue weighted by molar-refractivity contribution is 5.36. The molecular weight excluding hydrogens is 276 g/mol. The number of aromatic hydroxyl groups is 1. The number of nitrogens with one attached hydrogen (secondary N) is 1. The maximum atomic E-state index is 13.4. The monoisotopic (exact) mass is 292 g/mol. The molecule has 3 nitrogen and oxygen atoms in total. The van der Waals surface area contributed by atoms with Crippen LogP contribution in [0, 0.1) is 5.82 Å². The first-order chi connectivity index (χ1) is 9.38. The number of halogens is 4. The van der Waals surface area contributed by atoms with Crippen LogP contribution >= 0.6 is 0 Å². The quantitative estimate of drug-likeness (QED) is 0.840. The van der Waals surface area contributed by atoms with Crippen LogP contribution in [0.15, 0.2) is 18.2 Å². The molecule has 0 aliphatic carbocycles. The molecule has 1 atom stereocenters. The van der Waals surface area contributed by atoms with Crippen molar-refractivity contribution in [1.29, 1.82) is 0 Å². The Kier molecular flexibility index (Phi) is 4.49. The highest BCUT2D eigenvalue weighted by Gasteiger charge is 2.37. The number of alkyl halides is 3. The Morgan fingerprint density at radius 1 is 1.25 bits per heavy atom. The minimum absolute atomic E-state index is 0.00998. The van der Waals surface area contributed by atoms with Gasteiger partial charge in [-0.2, -0.15) is 13.2 Å². The molecule has 7 heteroatoms. The molecule has 1 aliphatic heterocycles. The van der Waals surface area contributed by atoms with Crippen molar-refractivity contribution in [3.63, 3.8) is 0 Å². The highest BCUT2D eigenvalue weighted by atomic mass is 19.4. The van der Waals surface area contributed by atoms with E-state index in [0.29, 0.717) is 26.2 Å². The first-order valence-electron chi connectivity index (χ1n) is 6.37. The summed E-state index contributed by atoms with van der Waals surface area (Å²) in [5.41, 5.74) is -0.00998. The van der Waals surface area contributed by atoms with Crippen LogP contribution in [0.2, 0.25) is 0 Å². The molecule has 1 saturated heterocycles. The Balaban J connectivity index is 2.32. The number of phenolic OH excluding ortho intramolecular Hbond substituents is 1. The third kappa shape index (κ3) is 3.61. The number of hydrogen-bond acceptors (Lipinski definition) is 3. The average molecular weight is 292 g/mol. The van der Waals surface area contributed by atoms with Gasteiger partial charge < -0.3 is 10.4 Å².